The zero-order chi connectivity index (χ0) is 18.8. The molecule has 2 heterocycles. The molecule has 0 amide bonds. The van der Waals surface area contributed by atoms with Crippen LogP contribution in [0.15, 0.2) is 48.8 Å². The highest BCUT2D eigenvalue weighted by molar-refractivity contribution is 5.71. The first-order valence-corrected chi connectivity index (χ1v) is 8.93. The van der Waals surface area contributed by atoms with Crippen molar-refractivity contribution in [3.8, 4) is 22.6 Å². The van der Waals surface area contributed by atoms with Crippen LogP contribution in [0.2, 0.25) is 0 Å². The Kier molecular flexibility index (Phi) is 4.64. The van der Waals surface area contributed by atoms with Gasteiger partial charge < -0.3 is 15.6 Å². The van der Waals surface area contributed by atoms with Crippen LogP contribution in [0.1, 0.15) is 16.7 Å². The van der Waals surface area contributed by atoms with Crippen LogP contribution in [0.5, 0.6) is 11.5 Å². The monoisotopic (exact) mass is 362 g/mol. The summed E-state index contributed by atoms with van der Waals surface area (Å²) in [6.07, 6.45) is 3.49. The maximum Gasteiger partial charge on any atom is 0.219 e. The van der Waals surface area contributed by atoms with Gasteiger partial charge in [-0.15, -0.1) is 0 Å². The first kappa shape index (κ1) is 17.3. The van der Waals surface area contributed by atoms with E-state index in [0.29, 0.717) is 25.4 Å². The molecular weight excluding hydrogens is 340 g/mol. The van der Waals surface area contributed by atoms with Gasteiger partial charge in [-0.05, 0) is 35.7 Å². The van der Waals surface area contributed by atoms with E-state index in [2.05, 4.69) is 40.0 Å². The normalized spacial score (nSPS) is 14.3. The van der Waals surface area contributed by atoms with E-state index in [1.54, 1.807) is 18.5 Å². The molecular formula is C21H22N4O2. The summed E-state index contributed by atoms with van der Waals surface area (Å²) in [4.78, 5) is 10.4. The van der Waals surface area contributed by atoms with Crippen molar-refractivity contribution >= 4 is 5.95 Å². The first-order valence-electron chi connectivity index (χ1n) is 8.93. The fourth-order valence-corrected chi connectivity index (χ4v) is 3.44. The minimum Gasteiger partial charge on any atom is -0.504 e. The third-order valence-electron chi connectivity index (χ3n) is 4.78. The van der Waals surface area contributed by atoms with Crippen molar-refractivity contribution in [3.63, 3.8) is 0 Å². The number of nitrogen functional groups attached to an aromatic ring is 1. The van der Waals surface area contributed by atoms with E-state index in [4.69, 9.17) is 10.5 Å². The molecule has 3 aromatic rings. The highest BCUT2D eigenvalue weighted by Gasteiger charge is 2.20. The van der Waals surface area contributed by atoms with Crippen molar-refractivity contribution in [1.29, 1.82) is 0 Å². The second kappa shape index (κ2) is 7.25. The van der Waals surface area contributed by atoms with Crippen LogP contribution >= 0.6 is 0 Å². The number of nitrogens with zero attached hydrogens (tertiary/aromatic N) is 3. The molecule has 0 spiro atoms. The van der Waals surface area contributed by atoms with Crippen molar-refractivity contribution in [2.45, 2.75) is 20.0 Å². The number of aromatic hydroxyl groups is 1. The first-order chi connectivity index (χ1) is 13.1. The number of rotatable bonds is 3. The van der Waals surface area contributed by atoms with Gasteiger partial charge in [-0.1, -0.05) is 24.3 Å². The Morgan fingerprint density at radius 1 is 1.19 bits per heavy atom. The summed E-state index contributed by atoms with van der Waals surface area (Å²) in [6, 6.07) is 12.1. The van der Waals surface area contributed by atoms with E-state index >= 15 is 0 Å². The zero-order valence-electron chi connectivity index (χ0n) is 15.2. The van der Waals surface area contributed by atoms with Crippen molar-refractivity contribution in [3.05, 3.63) is 65.5 Å². The maximum absolute atomic E-state index is 10.5. The predicted octanol–water partition coefficient (Wildman–Crippen LogP) is 3.13. The second-order valence-corrected chi connectivity index (χ2v) is 6.81. The van der Waals surface area contributed by atoms with Crippen LogP contribution in [0.4, 0.5) is 5.95 Å². The highest BCUT2D eigenvalue weighted by atomic mass is 16.5. The van der Waals surface area contributed by atoms with Crippen LogP contribution in [0.3, 0.4) is 0 Å². The van der Waals surface area contributed by atoms with Crippen LogP contribution in [-0.4, -0.2) is 33.1 Å². The Hall–Kier alpha value is -3.12. The lowest BCUT2D eigenvalue weighted by Crippen LogP contribution is -2.25. The summed E-state index contributed by atoms with van der Waals surface area (Å²) in [5.41, 5.74) is 10.8. The van der Waals surface area contributed by atoms with Gasteiger partial charge in [0, 0.05) is 43.2 Å². The molecule has 0 bridgehead atoms. The fraction of sp³-hybridized carbons (Fsp3) is 0.238. The number of fused-ring (bicyclic) bond motifs is 1. The number of benzene rings is 2. The van der Waals surface area contributed by atoms with E-state index < -0.39 is 0 Å². The third-order valence-corrected chi connectivity index (χ3v) is 4.78. The number of aryl methyl sites for hydroxylation is 1. The average molecular weight is 362 g/mol. The van der Waals surface area contributed by atoms with Gasteiger partial charge in [-0.3, -0.25) is 4.90 Å². The van der Waals surface area contributed by atoms with Gasteiger partial charge in [0.2, 0.25) is 5.95 Å². The second-order valence-electron chi connectivity index (χ2n) is 6.81. The van der Waals surface area contributed by atoms with Crippen LogP contribution in [0.25, 0.3) is 11.1 Å². The van der Waals surface area contributed by atoms with Crippen molar-refractivity contribution in [2.75, 3.05) is 18.9 Å². The maximum atomic E-state index is 10.5. The standard InChI is InChI=1S/C21H22N4O2/c1-14-4-2-3-5-18(14)16-8-17-13-25(6-7-27-20(17)19(26)9-16)12-15-10-23-21(22)24-11-15/h2-5,8-11,26H,6-7,12-13H2,1H3,(H2,22,23,24). The van der Waals surface area contributed by atoms with Gasteiger partial charge >= 0.3 is 0 Å². The number of ether oxygens (including phenoxy) is 1. The quantitative estimate of drug-likeness (QED) is 0.745. The van der Waals surface area contributed by atoms with Crippen LogP contribution in [0, 0.1) is 6.92 Å². The van der Waals surface area contributed by atoms with E-state index in [1.807, 2.05) is 12.1 Å². The summed E-state index contributed by atoms with van der Waals surface area (Å²) in [7, 11) is 0. The summed E-state index contributed by atoms with van der Waals surface area (Å²) < 4.78 is 5.84. The Morgan fingerprint density at radius 2 is 1.96 bits per heavy atom. The third kappa shape index (κ3) is 3.71. The van der Waals surface area contributed by atoms with Crippen molar-refractivity contribution < 1.29 is 9.84 Å². The lowest BCUT2D eigenvalue weighted by Gasteiger charge is -2.19. The van der Waals surface area contributed by atoms with Gasteiger partial charge in [0.15, 0.2) is 11.5 Å². The van der Waals surface area contributed by atoms with Gasteiger partial charge in [0.1, 0.15) is 6.61 Å². The van der Waals surface area contributed by atoms with E-state index in [0.717, 1.165) is 28.8 Å². The van der Waals surface area contributed by atoms with E-state index in [-0.39, 0.29) is 11.7 Å². The molecule has 138 valence electrons. The number of phenolic OH excluding ortho intramolecular Hbond substituents is 1. The molecule has 0 saturated heterocycles. The van der Waals surface area contributed by atoms with Gasteiger partial charge in [0.25, 0.3) is 0 Å². The lowest BCUT2D eigenvalue weighted by atomic mass is 9.98. The summed E-state index contributed by atoms with van der Waals surface area (Å²) in [5, 5.41) is 10.5. The molecule has 0 fully saturated rings. The Bertz CT molecular complexity index is 957. The number of hydrogen-bond donors (Lipinski definition) is 2. The number of aromatic nitrogens is 2. The SMILES string of the molecule is Cc1ccccc1-c1cc(O)c2c(c1)CN(Cc1cnc(N)nc1)CCO2. The predicted molar refractivity (Wildman–Crippen MR) is 104 cm³/mol. The summed E-state index contributed by atoms with van der Waals surface area (Å²) >= 11 is 0. The molecule has 6 heteroatoms. The van der Waals surface area contributed by atoms with Gasteiger partial charge in [-0.25, -0.2) is 9.97 Å². The van der Waals surface area contributed by atoms with Gasteiger partial charge in [0.05, 0.1) is 0 Å². The van der Waals surface area contributed by atoms with E-state index in [1.165, 1.54) is 5.56 Å². The molecule has 0 radical (unpaired) electrons. The molecule has 0 saturated carbocycles. The number of anilines is 1. The average Bonchev–Trinajstić information content (AvgIpc) is 2.86. The number of hydrogen-bond acceptors (Lipinski definition) is 6. The zero-order valence-corrected chi connectivity index (χ0v) is 15.2. The molecule has 0 aliphatic carbocycles. The van der Waals surface area contributed by atoms with Gasteiger partial charge in [-0.2, -0.15) is 0 Å². The molecule has 2 aromatic carbocycles. The molecule has 1 aromatic heterocycles. The number of nitrogens with two attached hydrogens (primary N) is 1. The van der Waals surface area contributed by atoms with Crippen LogP contribution in [-0.2, 0) is 13.1 Å². The van der Waals surface area contributed by atoms with Crippen molar-refractivity contribution in [2.24, 2.45) is 0 Å². The molecule has 1 aliphatic rings. The largest absolute Gasteiger partial charge is 0.504 e. The fourth-order valence-electron chi connectivity index (χ4n) is 3.44. The molecule has 3 N–H and O–H groups in total. The van der Waals surface area contributed by atoms with Crippen molar-refractivity contribution in [1.82, 2.24) is 14.9 Å². The molecule has 0 atom stereocenters. The summed E-state index contributed by atoms with van der Waals surface area (Å²) in [6.45, 7) is 4.70. The lowest BCUT2D eigenvalue weighted by molar-refractivity contribution is 0.217. The molecule has 6 nitrogen and oxygen atoms in total. The van der Waals surface area contributed by atoms with E-state index in [9.17, 15) is 5.11 Å². The minimum atomic E-state index is 0.184. The topological polar surface area (TPSA) is 84.5 Å². The van der Waals surface area contributed by atoms with Crippen LogP contribution < -0.4 is 10.5 Å². The Balaban J connectivity index is 1.64. The molecule has 27 heavy (non-hydrogen) atoms. The highest BCUT2D eigenvalue weighted by Crippen LogP contribution is 2.38. The summed E-state index contributed by atoms with van der Waals surface area (Å²) in [5.74, 6) is 1.03. The number of phenols is 1. The molecule has 4 rings (SSSR count). The Morgan fingerprint density at radius 3 is 2.74 bits per heavy atom. The Labute approximate surface area is 158 Å². The molecule has 0 unspecified atom stereocenters. The molecule has 1 aliphatic heterocycles. The smallest absolute Gasteiger partial charge is 0.219 e. The minimum absolute atomic E-state index is 0.184.